The minimum atomic E-state index is -2.46. The molecular weight excluding hydrogens is 248 g/mol. The van der Waals surface area contributed by atoms with E-state index >= 15 is 0 Å². The lowest BCUT2D eigenvalue weighted by atomic mass is 9.81. The van der Waals surface area contributed by atoms with Crippen molar-refractivity contribution < 1.29 is 18.0 Å². The summed E-state index contributed by atoms with van der Waals surface area (Å²) in [5, 5.41) is 0. The number of rotatable bonds is 10. The van der Waals surface area contributed by atoms with Crippen molar-refractivity contribution in [2.75, 3.05) is 33.0 Å². The molecule has 0 N–H and O–H groups in total. The van der Waals surface area contributed by atoms with Crippen molar-refractivity contribution in [2.45, 2.75) is 46.6 Å². The first kappa shape index (κ1) is 16.1. The zero-order chi connectivity index (χ0) is 13.5. The van der Waals surface area contributed by atoms with Gasteiger partial charge < -0.3 is 18.0 Å². The third kappa shape index (κ3) is 4.03. The predicted octanol–water partition coefficient (Wildman–Crippen LogP) is 2.85. The molecule has 1 aliphatic heterocycles. The fourth-order valence-corrected chi connectivity index (χ4v) is 5.17. The van der Waals surface area contributed by atoms with Crippen LogP contribution in [0.15, 0.2) is 0 Å². The molecule has 1 rings (SSSR count). The fourth-order valence-electron chi connectivity index (χ4n) is 2.34. The van der Waals surface area contributed by atoms with Crippen LogP contribution in [0.25, 0.3) is 0 Å². The topological polar surface area (TPSA) is 36.9 Å². The van der Waals surface area contributed by atoms with Gasteiger partial charge in [-0.3, -0.25) is 0 Å². The first-order valence-corrected chi connectivity index (χ1v) is 9.08. The van der Waals surface area contributed by atoms with Gasteiger partial charge in [-0.2, -0.15) is 0 Å². The van der Waals surface area contributed by atoms with Crippen molar-refractivity contribution >= 4 is 8.80 Å². The fraction of sp³-hybridized carbons (Fsp3) is 1.00. The molecule has 18 heavy (non-hydrogen) atoms. The predicted molar refractivity (Wildman–Crippen MR) is 73.6 cm³/mol. The molecular formula is C13H28O4Si. The molecule has 0 spiro atoms. The average molecular weight is 276 g/mol. The molecule has 1 fully saturated rings. The molecule has 0 saturated carbocycles. The minimum Gasteiger partial charge on any atom is -0.380 e. The first-order valence-electron chi connectivity index (χ1n) is 7.15. The van der Waals surface area contributed by atoms with Crippen LogP contribution in [0, 0.1) is 5.41 Å². The Morgan fingerprint density at radius 2 is 1.44 bits per heavy atom. The molecule has 0 aliphatic carbocycles. The summed E-state index contributed by atoms with van der Waals surface area (Å²) in [6.07, 6.45) is 2.23. The summed E-state index contributed by atoms with van der Waals surface area (Å²) in [5.41, 5.74) is 0.337. The van der Waals surface area contributed by atoms with E-state index in [4.69, 9.17) is 18.0 Å². The Bertz CT molecular complexity index is 209. The van der Waals surface area contributed by atoms with Crippen molar-refractivity contribution in [1.82, 2.24) is 0 Å². The maximum Gasteiger partial charge on any atom is 0.500 e. The van der Waals surface area contributed by atoms with Crippen LogP contribution in [0.2, 0.25) is 6.04 Å². The van der Waals surface area contributed by atoms with Gasteiger partial charge in [-0.05, 0) is 33.6 Å². The number of ether oxygens (including phenoxy) is 1. The van der Waals surface area contributed by atoms with Gasteiger partial charge in [0.05, 0.1) is 13.2 Å². The van der Waals surface area contributed by atoms with E-state index in [0.29, 0.717) is 25.2 Å². The van der Waals surface area contributed by atoms with Crippen LogP contribution >= 0.6 is 0 Å². The van der Waals surface area contributed by atoms with Crippen LogP contribution in [-0.2, 0) is 18.0 Å². The van der Waals surface area contributed by atoms with E-state index in [1.807, 2.05) is 20.8 Å². The van der Waals surface area contributed by atoms with Crippen LogP contribution in [0.3, 0.4) is 0 Å². The summed E-state index contributed by atoms with van der Waals surface area (Å²) in [4.78, 5) is 0. The van der Waals surface area contributed by atoms with Crippen molar-refractivity contribution in [3.05, 3.63) is 0 Å². The summed E-state index contributed by atoms with van der Waals surface area (Å²) in [6.45, 7) is 11.9. The lowest BCUT2D eigenvalue weighted by Crippen LogP contribution is -2.49. The Morgan fingerprint density at radius 3 is 1.72 bits per heavy atom. The highest BCUT2D eigenvalue weighted by Crippen LogP contribution is 2.38. The zero-order valence-electron chi connectivity index (χ0n) is 12.3. The highest BCUT2D eigenvalue weighted by molar-refractivity contribution is 6.60. The Labute approximate surface area is 112 Å². The Kier molecular flexibility index (Phi) is 6.80. The Morgan fingerprint density at radius 1 is 0.944 bits per heavy atom. The van der Waals surface area contributed by atoms with Crippen LogP contribution in [0.1, 0.15) is 40.5 Å². The van der Waals surface area contributed by atoms with Gasteiger partial charge in [-0.1, -0.05) is 6.92 Å². The molecule has 4 nitrogen and oxygen atoms in total. The Balaban J connectivity index is 2.57. The largest absolute Gasteiger partial charge is 0.500 e. The van der Waals surface area contributed by atoms with Crippen molar-refractivity contribution in [2.24, 2.45) is 5.41 Å². The quantitative estimate of drug-likeness (QED) is 0.575. The Hall–Kier alpha value is 0.0569. The maximum absolute atomic E-state index is 5.87. The van der Waals surface area contributed by atoms with Crippen molar-refractivity contribution in [3.8, 4) is 0 Å². The second kappa shape index (κ2) is 7.60. The molecule has 0 amide bonds. The highest BCUT2D eigenvalue weighted by atomic mass is 28.4. The van der Waals surface area contributed by atoms with E-state index in [-0.39, 0.29) is 0 Å². The van der Waals surface area contributed by atoms with Crippen LogP contribution < -0.4 is 0 Å². The maximum atomic E-state index is 5.87. The summed E-state index contributed by atoms with van der Waals surface area (Å²) >= 11 is 0. The lowest BCUT2D eigenvalue weighted by Gasteiger charge is -2.42. The van der Waals surface area contributed by atoms with E-state index in [0.717, 1.165) is 32.1 Å². The van der Waals surface area contributed by atoms with Crippen LogP contribution in [0.5, 0.6) is 0 Å². The van der Waals surface area contributed by atoms with Gasteiger partial charge in [-0.15, -0.1) is 0 Å². The summed E-state index contributed by atoms with van der Waals surface area (Å²) < 4.78 is 23.0. The minimum absolute atomic E-state index is 0.337. The highest BCUT2D eigenvalue weighted by Gasteiger charge is 2.45. The third-order valence-corrected chi connectivity index (χ3v) is 6.67. The molecule has 0 atom stereocenters. The molecule has 0 bridgehead atoms. The second-order valence-corrected chi connectivity index (χ2v) is 7.56. The first-order chi connectivity index (χ1) is 8.66. The molecule has 1 saturated heterocycles. The van der Waals surface area contributed by atoms with Gasteiger partial charge in [0.1, 0.15) is 0 Å². The smallest absolute Gasteiger partial charge is 0.380 e. The molecule has 5 heteroatoms. The van der Waals surface area contributed by atoms with Gasteiger partial charge in [0, 0.05) is 31.3 Å². The standard InChI is InChI=1S/C13H28O4Si/c1-5-13(11-14-12-13)9-10-18(15-6-2,16-7-3)17-8-4/h5-12H2,1-4H3. The second-order valence-electron chi connectivity index (χ2n) is 4.83. The monoisotopic (exact) mass is 276 g/mol. The van der Waals surface area contributed by atoms with E-state index in [1.165, 1.54) is 0 Å². The molecule has 1 aliphatic rings. The average Bonchev–Trinajstić information content (AvgIpc) is 2.29. The number of hydrogen-bond donors (Lipinski definition) is 0. The molecule has 0 radical (unpaired) electrons. The van der Waals surface area contributed by atoms with E-state index in [2.05, 4.69) is 6.92 Å². The van der Waals surface area contributed by atoms with E-state index < -0.39 is 8.80 Å². The molecule has 0 aromatic rings. The van der Waals surface area contributed by atoms with Gasteiger partial charge in [-0.25, -0.2) is 0 Å². The third-order valence-electron chi connectivity index (χ3n) is 3.62. The van der Waals surface area contributed by atoms with E-state index in [1.54, 1.807) is 0 Å². The summed E-state index contributed by atoms with van der Waals surface area (Å²) in [7, 11) is -2.46. The van der Waals surface area contributed by atoms with Gasteiger partial charge in [0.2, 0.25) is 0 Å². The molecule has 108 valence electrons. The van der Waals surface area contributed by atoms with Crippen molar-refractivity contribution in [3.63, 3.8) is 0 Å². The van der Waals surface area contributed by atoms with Gasteiger partial charge in [0.25, 0.3) is 0 Å². The zero-order valence-corrected chi connectivity index (χ0v) is 13.3. The summed E-state index contributed by atoms with van der Waals surface area (Å²) in [6, 6.07) is 0.903. The lowest BCUT2D eigenvalue weighted by molar-refractivity contribution is -0.118. The normalized spacial score (nSPS) is 18.7. The van der Waals surface area contributed by atoms with Gasteiger partial charge in [0.15, 0.2) is 0 Å². The molecule has 1 heterocycles. The molecule has 0 aromatic heterocycles. The van der Waals surface area contributed by atoms with E-state index in [9.17, 15) is 0 Å². The van der Waals surface area contributed by atoms with Crippen LogP contribution in [0.4, 0.5) is 0 Å². The summed E-state index contributed by atoms with van der Waals surface area (Å²) in [5.74, 6) is 0. The molecule has 0 unspecified atom stereocenters. The number of hydrogen-bond acceptors (Lipinski definition) is 4. The van der Waals surface area contributed by atoms with Crippen molar-refractivity contribution in [1.29, 1.82) is 0 Å². The SMILES string of the molecule is CCO[Si](CCC1(CC)COC1)(OCC)OCC. The van der Waals surface area contributed by atoms with Crippen LogP contribution in [-0.4, -0.2) is 41.8 Å². The van der Waals surface area contributed by atoms with Gasteiger partial charge >= 0.3 is 8.80 Å². The molecule has 0 aromatic carbocycles.